The van der Waals surface area contributed by atoms with Crippen molar-refractivity contribution in [3.8, 4) is 0 Å². The number of pyridine rings is 1. The van der Waals surface area contributed by atoms with E-state index < -0.39 is 0 Å². The maximum Gasteiger partial charge on any atom is 0.0662 e. The van der Waals surface area contributed by atoms with E-state index in [0.29, 0.717) is 0 Å². The quantitative estimate of drug-likeness (QED) is 0.686. The topological polar surface area (TPSA) is 34.1 Å². The number of hydrogen-bond donors (Lipinski definition) is 1. The first-order valence-corrected chi connectivity index (χ1v) is 6.09. The molecule has 16 heavy (non-hydrogen) atoms. The van der Waals surface area contributed by atoms with Crippen molar-refractivity contribution in [1.29, 1.82) is 0 Å². The van der Waals surface area contributed by atoms with Crippen molar-refractivity contribution in [2.75, 3.05) is 19.8 Å². The van der Waals surface area contributed by atoms with Gasteiger partial charge >= 0.3 is 0 Å². The van der Waals surface area contributed by atoms with Crippen molar-refractivity contribution < 1.29 is 4.74 Å². The Balaban J connectivity index is 2.49. The van der Waals surface area contributed by atoms with Gasteiger partial charge in [-0.15, -0.1) is 0 Å². The Morgan fingerprint density at radius 3 is 2.88 bits per heavy atom. The van der Waals surface area contributed by atoms with E-state index >= 15 is 0 Å². The Kier molecular flexibility index (Phi) is 6.77. The smallest absolute Gasteiger partial charge is 0.0662 e. The van der Waals surface area contributed by atoms with Crippen LogP contribution in [0.25, 0.3) is 0 Å². The van der Waals surface area contributed by atoms with Gasteiger partial charge in [0, 0.05) is 19.0 Å². The fourth-order valence-corrected chi connectivity index (χ4v) is 1.52. The molecule has 0 radical (unpaired) electrons. The molecule has 0 spiro atoms. The van der Waals surface area contributed by atoms with Gasteiger partial charge in [-0.05, 0) is 31.0 Å². The summed E-state index contributed by atoms with van der Waals surface area (Å²) in [6.45, 7) is 6.85. The fraction of sp³-hybridized carbons (Fsp3) is 0.615. The zero-order chi connectivity index (χ0) is 11.6. The molecule has 0 aromatic carbocycles. The highest BCUT2D eigenvalue weighted by Crippen LogP contribution is 2.11. The third kappa shape index (κ3) is 4.73. The van der Waals surface area contributed by atoms with Gasteiger partial charge in [0.2, 0.25) is 0 Å². The first kappa shape index (κ1) is 13.1. The molecule has 3 heteroatoms. The molecule has 1 unspecified atom stereocenters. The average Bonchev–Trinajstić information content (AvgIpc) is 2.35. The second-order valence-corrected chi connectivity index (χ2v) is 3.87. The summed E-state index contributed by atoms with van der Waals surface area (Å²) < 4.78 is 5.61. The van der Waals surface area contributed by atoms with Crippen molar-refractivity contribution in [3.63, 3.8) is 0 Å². The predicted octanol–water partition coefficient (Wildman–Crippen LogP) is 2.55. The monoisotopic (exact) mass is 222 g/mol. The average molecular weight is 222 g/mol. The molecule has 1 aromatic heterocycles. The lowest BCUT2D eigenvalue weighted by Crippen LogP contribution is -2.26. The van der Waals surface area contributed by atoms with Gasteiger partial charge in [-0.25, -0.2) is 0 Å². The van der Waals surface area contributed by atoms with Gasteiger partial charge < -0.3 is 10.1 Å². The number of nitrogens with one attached hydrogen (secondary N) is 1. The van der Waals surface area contributed by atoms with Crippen molar-refractivity contribution in [2.45, 2.75) is 32.7 Å². The Labute approximate surface area is 98.2 Å². The van der Waals surface area contributed by atoms with Gasteiger partial charge in [0.25, 0.3) is 0 Å². The van der Waals surface area contributed by atoms with E-state index in [1.165, 1.54) is 5.56 Å². The van der Waals surface area contributed by atoms with Crippen molar-refractivity contribution in [1.82, 2.24) is 10.3 Å². The molecule has 0 fully saturated rings. The maximum absolute atomic E-state index is 5.61. The Morgan fingerprint density at radius 2 is 2.25 bits per heavy atom. The minimum atomic E-state index is 0.264. The lowest BCUT2D eigenvalue weighted by Gasteiger charge is -2.18. The predicted molar refractivity (Wildman–Crippen MR) is 66.4 cm³/mol. The summed E-state index contributed by atoms with van der Waals surface area (Å²) in [7, 11) is 0. The summed E-state index contributed by atoms with van der Waals surface area (Å²) in [5, 5.41) is 3.48. The zero-order valence-corrected chi connectivity index (χ0v) is 10.3. The number of nitrogens with zero attached hydrogens (tertiary/aromatic N) is 1. The molecule has 1 heterocycles. The summed E-state index contributed by atoms with van der Waals surface area (Å²) in [5.74, 6) is 0. The summed E-state index contributed by atoms with van der Waals surface area (Å²) in [4.78, 5) is 4.15. The highest BCUT2D eigenvalue weighted by atomic mass is 16.5. The van der Waals surface area contributed by atoms with Gasteiger partial charge in [-0.1, -0.05) is 19.9 Å². The molecular weight excluding hydrogens is 200 g/mol. The van der Waals surface area contributed by atoms with Crippen LogP contribution in [0.1, 0.15) is 38.3 Å². The molecule has 0 amide bonds. The standard InChI is InChI=1S/C13H22N2O/c1-3-7-15-13(11-16-9-4-2)12-6-5-8-14-10-12/h5-6,8,10,13,15H,3-4,7,9,11H2,1-2H3. The molecule has 1 atom stereocenters. The van der Waals surface area contributed by atoms with Crippen LogP contribution in [-0.4, -0.2) is 24.7 Å². The fourth-order valence-electron chi connectivity index (χ4n) is 1.52. The lowest BCUT2D eigenvalue weighted by atomic mass is 10.1. The van der Waals surface area contributed by atoms with Gasteiger partial charge in [0.15, 0.2) is 0 Å². The van der Waals surface area contributed by atoms with Crippen LogP contribution in [0, 0.1) is 0 Å². The maximum atomic E-state index is 5.61. The first-order chi connectivity index (χ1) is 7.88. The summed E-state index contributed by atoms with van der Waals surface area (Å²) in [6, 6.07) is 4.32. The van der Waals surface area contributed by atoms with Crippen LogP contribution in [0.5, 0.6) is 0 Å². The second-order valence-electron chi connectivity index (χ2n) is 3.87. The molecule has 90 valence electrons. The van der Waals surface area contributed by atoms with Gasteiger partial charge in [-0.2, -0.15) is 0 Å². The SMILES string of the molecule is CCCNC(COCCC)c1cccnc1. The Bertz CT molecular complexity index is 264. The van der Waals surface area contributed by atoms with E-state index in [1.807, 2.05) is 12.3 Å². The van der Waals surface area contributed by atoms with E-state index in [-0.39, 0.29) is 6.04 Å². The first-order valence-electron chi connectivity index (χ1n) is 6.09. The van der Waals surface area contributed by atoms with Crippen LogP contribution in [0.3, 0.4) is 0 Å². The minimum Gasteiger partial charge on any atom is -0.379 e. The molecule has 0 saturated carbocycles. The van der Waals surface area contributed by atoms with Gasteiger partial charge in [-0.3, -0.25) is 4.98 Å². The summed E-state index contributed by atoms with van der Waals surface area (Å²) in [5.41, 5.74) is 1.20. The number of hydrogen-bond acceptors (Lipinski definition) is 3. The third-order valence-corrected chi connectivity index (χ3v) is 2.36. The van der Waals surface area contributed by atoms with E-state index in [0.717, 1.165) is 32.6 Å². The Morgan fingerprint density at radius 1 is 1.38 bits per heavy atom. The molecule has 3 nitrogen and oxygen atoms in total. The molecule has 0 aliphatic heterocycles. The highest BCUT2D eigenvalue weighted by molar-refractivity contribution is 5.13. The number of aromatic nitrogens is 1. The summed E-state index contributed by atoms with van der Waals surface area (Å²) >= 11 is 0. The van der Waals surface area contributed by atoms with Crippen LogP contribution < -0.4 is 5.32 Å². The van der Waals surface area contributed by atoms with E-state index in [1.54, 1.807) is 6.20 Å². The largest absolute Gasteiger partial charge is 0.379 e. The van der Waals surface area contributed by atoms with E-state index in [2.05, 4.69) is 30.2 Å². The highest BCUT2D eigenvalue weighted by Gasteiger charge is 2.10. The van der Waals surface area contributed by atoms with Crippen molar-refractivity contribution >= 4 is 0 Å². The molecule has 1 N–H and O–H groups in total. The summed E-state index contributed by atoms with van der Waals surface area (Å²) in [6.07, 6.45) is 5.90. The molecule has 0 aliphatic rings. The number of rotatable bonds is 8. The van der Waals surface area contributed by atoms with Gasteiger partial charge in [0.1, 0.15) is 0 Å². The van der Waals surface area contributed by atoms with Crippen LogP contribution >= 0.6 is 0 Å². The second kappa shape index (κ2) is 8.25. The molecule has 1 aromatic rings. The lowest BCUT2D eigenvalue weighted by molar-refractivity contribution is 0.112. The minimum absolute atomic E-state index is 0.264. The molecule has 0 bridgehead atoms. The van der Waals surface area contributed by atoms with Crippen molar-refractivity contribution in [3.05, 3.63) is 30.1 Å². The number of ether oxygens (including phenoxy) is 1. The van der Waals surface area contributed by atoms with E-state index in [4.69, 9.17) is 4.74 Å². The van der Waals surface area contributed by atoms with E-state index in [9.17, 15) is 0 Å². The van der Waals surface area contributed by atoms with Crippen molar-refractivity contribution in [2.24, 2.45) is 0 Å². The molecular formula is C13H22N2O. The molecule has 0 saturated heterocycles. The third-order valence-electron chi connectivity index (χ3n) is 2.36. The van der Waals surface area contributed by atoms with Crippen LogP contribution in [-0.2, 0) is 4.74 Å². The molecule has 1 rings (SSSR count). The van der Waals surface area contributed by atoms with Crippen LogP contribution in [0.4, 0.5) is 0 Å². The molecule has 0 aliphatic carbocycles. The van der Waals surface area contributed by atoms with Gasteiger partial charge in [0.05, 0.1) is 12.6 Å². The zero-order valence-electron chi connectivity index (χ0n) is 10.3. The van der Waals surface area contributed by atoms with Crippen LogP contribution in [0.2, 0.25) is 0 Å². The Hall–Kier alpha value is -0.930. The normalized spacial score (nSPS) is 12.6. The van der Waals surface area contributed by atoms with Crippen LogP contribution in [0.15, 0.2) is 24.5 Å².